The van der Waals surface area contributed by atoms with E-state index in [1.807, 2.05) is 11.3 Å². The highest BCUT2D eigenvalue weighted by Gasteiger charge is 2.43. The van der Waals surface area contributed by atoms with Gasteiger partial charge in [-0.15, -0.1) is 29.5 Å². The number of rotatable bonds is 5. The summed E-state index contributed by atoms with van der Waals surface area (Å²) in [7, 11) is 0. The Hall–Kier alpha value is -1.04. The van der Waals surface area contributed by atoms with Crippen molar-refractivity contribution in [1.82, 2.24) is 4.98 Å². The lowest BCUT2D eigenvalue weighted by Crippen LogP contribution is -2.36. The summed E-state index contributed by atoms with van der Waals surface area (Å²) in [6, 6.07) is -0.168. The topological polar surface area (TPSA) is 50.9 Å². The number of nitrogens with zero attached hydrogens (tertiary/aromatic N) is 1. The molecule has 1 unspecified atom stereocenters. The average molecular weight is 420 g/mol. The minimum atomic E-state index is -3.45. The molecule has 0 saturated carbocycles. The number of thioether (sulfide) groups is 1. The van der Waals surface area contributed by atoms with Crippen LogP contribution in [0.2, 0.25) is 10.2 Å². The molecule has 0 radical (unpaired) electrons. The van der Waals surface area contributed by atoms with E-state index >= 15 is 0 Å². The molecule has 0 aromatic carbocycles. The van der Waals surface area contributed by atoms with Crippen molar-refractivity contribution in [2.24, 2.45) is 5.73 Å². The van der Waals surface area contributed by atoms with Crippen molar-refractivity contribution in [2.75, 3.05) is 11.9 Å². The first-order valence-electron chi connectivity index (χ1n) is 7.27. The molecule has 3 N–H and O–H groups in total. The third-order valence-electron chi connectivity index (χ3n) is 3.71. The molecule has 2 aromatic heterocycles. The van der Waals surface area contributed by atoms with E-state index in [2.05, 4.69) is 16.4 Å². The predicted octanol–water partition coefficient (Wildman–Crippen LogP) is 5.09. The normalized spacial score (nSPS) is 18.5. The van der Waals surface area contributed by atoms with E-state index < -0.39 is 16.8 Å². The van der Waals surface area contributed by atoms with E-state index in [1.165, 1.54) is 0 Å². The van der Waals surface area contributed by atoms with Gasteiger partial charge in [0.2, 0.25) is 0 Å². The highest BCUT2D eigenvalue weighted by Crippen LogP contribution is 2.47. The van der Waals surface area contributed by atoms with Crippen LogP contribution in [0.5, 0.6) is 0 Å². The number of aromatic nitrogens is 1. The molecule has 2 atom stereocenters. The summed E-state index contributed by atoms with van der Waals surface area (Å²) in [6.07, 6.45) is 8.10. The highest BCUT2D eigenvalue weighted by molar-refractivity contribution is 8.03. The molecule has 0 bridgehead atoms. The Bertz CT molecular complexity index is 868. The summed E-state index contributed by atoms with van der Waals surface area (Å²) in [5, 5.41) is 5.68. The molecule has 132 valence electrons. The number of halogens is 4. The van der Waals surface area contributed by atoms with Gasteiger partial charge in [0.25, 0.3) is 0 Å². The number of nitrogens with two attached hydrogens (primary N) is 1. The molecular formula is C16H13Cl2F2N3S2. The Morgan fingerprint density at radius 3 is 2.92 bits per heavy atom. The lowest BCUT2D eigenvalue weighted by Gasteiger charge is -2.18. The van der Waals surface area contributed by atoms with Crippen molar-refractivity contribution in [3.63, 3.8) is 0 Å². The second kappa shape index (κ2) is 7.29. The first-order valence-corrected chi connectivity index (χ1v) is 9.79. The molecular weight excluding hydrogens is 407 g/mol. The van der Waals surface area contributed by atoms with Crippen LogP contribution in [0.3, 0.4) is 0 Å². The summed E-state index contributed by atoms with van der Waals surface area (Å²) in [5.41, 5.74) is 6.21. The largest absolute Gasteiger partial charge is 0.383 e. The summed E-state index contributed by atoms with van der Waals surface area (Å²) < 4.78 is 29.5. The summed E-state index contributed by atoms with van der Waals surface area (Å²) in [6.45, 7) is 0.665. The van der Waals surface area contributed by atoms with Crippen LogP contribution < -0.4 is 11.1 Å². The number of pyridine rings is 1. The van der Waals surface area contributed by atoms with E-state index in [0.717, 1.165) is 17.8 Å². The lowest BCUT2D eigenvalue weighted by molar-refractivity contribution is -0.0102. The number of anilines is 1. The van der Waals surface area contributed by atoms with Gasteiger partial charge in [0.15, 0.2) is 0 Å². The van der Waals surface area contributed by atoms with E-state index in [9.17, 15) is 8.78 Å². The predicted molar refractivity (Wildman–Crippen MR) is 104 cm³/mol. The zero-order valence-corrected chi connectivity index (χ0v) is 15.9. The number of fused-ring (bicyclic) bond motifs is 1. The van der Waals surface area contributed by atoms with E-state index in [1.54, 1.807) is 17.8 Å². The van der Waals surface area contributed by atoms with Crippen LogP contribution in [-0.2, 0) is 5.92 Å². The molecule has 3 nitrogen and oxygen atoms in total. The maximum absolute atomic E-state index is 14.5. The van der Waals surface area contributed by atoms with E-state index in [0.29, 0.717) is 22.2 Å². The molecule has 25 heavy (non-hydrogen) atoms. The van der Waals surface area contributed by atoms with Gasteiger partial charge in [-0.25, -0.2) is 4.98 Å². The first-order chi connectivity index (χ1) is 11.8. The van der Waals surface area contributed by atoms with Gasteiger partial charge < -0.3 is 11.1 Å². The molecule has 2 aromatic rings. The minimum Gasteiger partial charge on any atom is -0.383 e. The van der Waals surface area contributed by atoms with Crippen LogP contribution in [-0.4, -0.2) is 22.8 Å². The van der Waals surface area contributed by atoms with Gasteiger partial charge in [0.1, 0.15) is 16.7 Å². The number of terminal acetylenes is 1. The smallest absolute Gasteiger partial charge is 0.309 e. The second-order valence-corrected chi connectivity index (χ2v) is 8.43. The molecule has 3 rings (SSSR count). The lowest BCUT2D eigenvalue weighted by atomic mass is 10.1. The molecule has 1 aliphatic heterocycles. The minimum absolute atomic E-state index is 0.168. The molecule has 0 aliphatic carbocycles. The Balaban J connectivity index is 2.01. The molecule has 3 heterocycles. The zero-order chi connectivity index (χ0) is 18.2. The van der Waals surface area contributed by atoms with Crippen molar-refractivity contribution in [3.8, 4) is 12.3 Å². The van der Waals surface area contributed by atoms with Crippen LogP contribution >= 0.6 is 46.3 Å². The Morgan fingerprint density at radius 2 is 2.28 bits per heavy atom. The van der Waals surface area contributed by atoms with Crippen molar-refractivity contribution in [2.45, 2.75) is 23.6 Å². The summed E-state index contributed by atoms with van der Waals surface area (Å²) in [5.74, 6) is -1.58. The number of thiophene rings is 1. The highest BCUT2D eigenvalue weighted by atomic mass is 35.5. The third kappa shape index (κ3) is 3.60. The molecule has 0 fully saturated rings. The molecule has 0 saturated heterocycles. The van der Waals surface area contributed by atoms with Gasteiger partial charge in [-0.3, -0.25) is 0 Å². The van der Waals surface area contributed by atoms with E-state index in [4.69, 9.17) is 35.4 Å². The van der Waals surface area contributed by atoms with Crippen molar-refractivity contribution in [3.05, 3.63) is 32.6 Å². The molecule has 1 aliphatic rings. The first kappa shape index (κ1) is 18.7. The fourth-order valence-corrected chi connectivity index (χ4v) is 5.00. The monoisotopic (exact) mass is 419 g/mol. The van der Waals surface area contributed by atoms with Crippen LogP contribution in [0.15, 0.2) is 17.6 Å². The van der Waals surface area contributed by atoms with Crippen LogP contribution in [0, 0.1) is 12.3 Å². The van der Waals surface area contributed by atoms with Crippen molar-refractivity contribution in [1.29, 1.82) is 0 Å². The Kier molecular flexibility index (Phi) is 5.47. The number of nitrogens with one attached hydrogen (secondary N) is 1. The fourth-order valence-electron chi connectivity index (χ4n) is 2.38. The molecule has 0 spiro atoms. The second-order valence-electron chi connectivity index (χ2n) is 5.43. The van der Waals surface area contributed by atoms with Crippen LogP contribution in [0.25, 0.3) is 10.2 Å². The van der Waals surface area contributed by atoms with Gasteiger partial charge in [0.05, 0.1) is 20.3 Å². The molecule has 0 amide bonds. The number of allylic oxidation sites excluding steroid dienone is 1. The summed E-state index contributed by atoms with van der Waals surface area (Å²) >= 11 is 14.7. The van der Waals surface area contributed by atoms with Gasteiger partial charge in [-0.05, 0) is 11.8 Å². The zero-order valence-electron chi connectivity index (χ0n) is 12.7. The summed E-state index contributed by atoms with van der Waals surface area (Å²) in [4.78, 5) is 3.70. The standard InChI is InChI=1S/C16H13Cl2F2N3S2/c1-2-10(21)16(19,20)15-12(18)13-14(25-15)9(6-11(17)23-13)22-7-8-4-3-5-24-8/h1,3,5-6,8,10H,4,7,21H2,(H,22,23)/t8?,10-/m0/s1. The molecule has 9 heteroatoms. The van der Waals surface area contributed by atoms with Crippen molar-refractivity contribution >= 4 is 62.2 Å². The van der Waals surface area contributed by atoms with Crippen molar-refractivity contribution < 1.29 is 8.78 Å². The van der Waals surface area contributed by atoms with Gasteiger partial charge >= 0.3 is 5.92 Å². The van der Waals surface area contributed by atoms with Crippen LogP contribution in [0.4, 0.5) is 14.5 Å². The number of alkyl halides is 2. The number of hydrogen-bond acceptors (Lipinski definition) is 5. The SMILES string of the molecule is C#C[C@H](N)C(F)(F)c1sc2c(NCC3CC=CS3)cc(Cl)nc2c1Cl. The van der Waals surface area contributed by atoms with Crippen LogP contribution in [0.1, 0.15) is 11.3 Å². The maximum Gasteiger partial charge on any atom is 0.309 e. The Morgan fingerprint density at radius 1 is 1.52 bits per heavy atom. The van der Waals surface area contributed by atoms with Gasteiger partial charge in [-0.2, -0.15) is 8.78 Å². The van der Waals surface area contributed by atoms with Gasteiger partial charge in [0, 0.05) is 17.9 Å². The number of hydrogen-bond donors (Lipinski definition) is 2. The van der Waals surface area contributed by atoms with Gasteiger partial charge in [-0.1, -0.05) is 35.2 Å². The quantitative estimate of drug-likeness (QED) is 0.523. The third-order valence-corrected chi connectivity index (χ3v) is 6.78. The Labute approximate surface area is 162 Å². The maximum atomic E-state index is 14.5. The fraction of sp³-hybridized carbons (Fsp3) is 0.312. The average Bonchev–Trinajstić information content (AvgIpc) is 3.20. The van der Waals surface area contributed by atoms with E-state index in [-0.39, 0.29) is 15.7 Å².